The Labute approximate surface area is 158 Å². The molecular weight excluding hydrogens is 354 g/mol. The first-order chi connectivity index (χ1) is 12.3. The zero-order valence-electron chi connectivity index (χ0n) is 16.5. The third-order valence-electron chi connectivity index (χ3n) is 2.90. The monoisotopic (exact) mass is 381 g/mol. The van der Waals surface area contributed by atoms with Gasteiger partial charge in [-0.15, -0.1) is 0 Å². The molecule has 0 fully saturated rings. The second-order valence-electron chi connectivity index (χ2n) is 7.86. The summed E-state index contributed by atoms with van der Waals surface area (Å²) in [5.74, 6) is -1.38. The van der Waals surface area contributed by atoms with Crippen LogP contribution in [0.25, 0.3) is 0 Å². The minimum atomic E-state index is -1.28. The van der Waals surface area contributed by atoms with Crippen molar-refractivity contribution >= 4 is 18.0 Å². The fraction of sp³-hybridized carbons (Fsp3) is 0.526. The molecule has 0 aliphatic heterocycles. The van der Waals surface area contributed by atoms with Gasteiger partial charge in [-0.2, -0.15) is 0 Å². The van der Waals surface area contributed by atoms with E-state index in [0.29, 0.717) is 11.3 Å². The molecule has 1 aromatic rings. The molecule has 2 N–H and O–H groups in total. The topological polar surface area (TPSA) is 111 Å². The lowest BCUT2D eigenvalue weighted by Crippen LogP contribution is -2.38. The highest BCUT2D eigenvalue weighted by molar-refractivity contribution is 5.81. The van der Waals surface area contributed by atoms with Gasteiger partial charge in [0.1, 0.15) is 17.0 Å². The largest absolute Gasteiger partial charge is 0.482 e. The van der Waals surface area contributed by atoms with Crippen molar-refractivity contribution in [3.63, 3.8) is 0 Å². The van der Waals surface area contributed by atoms with Crippen LogP contribution in [0.2, 0.25) is 0 Å². The van der Waals surface area contributed by atoms with Gasteiger partial charge in [-0.1, -0.05) is 12.1 Å². The Hall–Kier alpha value is -2.77. The summed E-state index contributed by atoms with van der Waals surface area (Å²) in [6, 6.07) is 4.71. The lowest BCUT2D eigenvalue weighted by molar-refractivity contribution is -0.157. The molecule has 0 aromatic heterocycles. The van der Waals surface area contributed by atoms with Gasteiger partial charge < -0.3 is 24.6 Å². The van der Waals surface area contributed by atoms with Crippen LogP contribution >= 0.6 is 0 Å². The van der Waals surface area contributed by atoms with E-state index in [0.717, 1.165) is 0 Å². The van der Waals surface area contributed by atoms with Crippen molar-refractivity contribution in [1.82, 2.24) is 5.32 Å². The van der Waals surface area contributed by atoms with Crippen LogP contribution in [0.3, 0.4) is 0 Å². The lowest BCUT2D eigenvalue weighted by atomic mass is 10.1. The lowest BCUT2D eigenvalue weighted by Gasteiger charge is -2.22. The molecule has 150 valence electrons. The number of carboxylic acids is 1. The number of rotatable bonds is 6. The zero-order chi connectivity index (χ0) is 20.8. The first-order valence-corrected chi connectivity index (χ1v) is 8.44. The molecule has 0 aliphatic carbocycles. The highest BCUT2D eigenvalue weighted by Gasteiger charge is 2.25. The number of alkyl carbamates (subject to hydrolysis) is 1. The van der Waals surface area contributed by atoms with Crippen molar-refractivity contribution in [2.75, 3.05) is 6.61 Å². The number of carboxylic acid groups (broad SMARTS) is 1. The average molecular weight is 381 g/mol. The summed E-state index contributed by atoms with van der Waals surface area (Å²) < 4.78 is 15.5. The normalized spacial score (nSPS) is 12.7. The van der Waals surface area contributed by atoms with Crippen molar-refractivity contribution in [2.24, 2.45) is 0 Å². The van der Waals surface area contributed by atoms with Crippen LogP contribution in [0, 0.1) is 0 Å². The van der Waals surface area contributed by atoms with Crippen LogP contribution in [0.4, 0.5) is 4.79 Å². The molecule has 1 rings (SSSR count). The smallest absolute Gasteiger partial charge is 0.408 e. The Kier molecular flexibility index (Phi) is 7.21. The van der Waals surface area contributed by atoms with Gasteiger partial charge in [0, 0.05) is 0 Å². The van der Waals surface area contributed by atoms with Crippen molar-refractivity contribution in [2.45, 2.75) is 58.8 Å². The highest BCUT2D eigenvalue weighted by Crippen LogP contribution is 2.19. The van der Waals surface area contributed by atoms with Crippen LogP contribution in [0.1, 0.15) is 53.1 Å². The van der Waals surface area contributed by atoms with Crippen LogP contribution in [-0.2, 0) is 19.1 Å². The molecule has 0 heterocycles. The number of hydrogen-bond donors (Lipinski definition) is 2. The summed E-state index contributed by atoms with van der Waals surface area (Å²) in [7, 11) is 0. The summed E-state index contributed by atoms with van der Waals surface area (Å²) >= 11 is 0. The van der Waals surface area contributed by atoms with E-state index in [2.05, 4.69) is 5.32 Å². The first kappa shape index (κ1) is 22.3. The minimum absolute atomic E-state index is 0.269. The number of nitrogens with one attached hydrogen (secondary N) is 1. The van der Waals surface area contributed by atoms with E-state index in [4.69, 9.17) is 14.2 Å². The molecule has 0 spiro atoms. The molecule has 8 nitrogen and oxygen atoms in total. The summed E-state index contributed by atoms with van der Waals surface area (Å²) in [6.45, 7) is 10.0. The van der Waals surface area contributed by atoms with E-state index in [-0.39, 0.29) is 6.61 Å². The fourth-order valence-electron chi connectivity index (χ4n) is 1.98. The number of carbonyl (C=O) groups excluding carboxylic acids is 2. The van der Waals surface area contributed by atoms with E-state index in [1.807, 2.05) is 0 Å². The maximum Gasteiger partial charge on any atom is 0.408 e. The Morgan fingerprint density at radius 2 is 1.48 bits per heavy atom. The minimum Gasteiger partial charge on any atom is -0.482 e. The first-order valence-electron chi connectivity index (χ1n) is 8.44. The number of esters is 1. The van der Waals surface area contributed by atoms with Gasteiger partial charge in [0.15, 0.2) is 12.6 Å². The number of aliphatic carboxylic acids is 1. The standard InChI is InChI=1S/C19H27NO7/c1-18(2,3)26-14(21)11-25-13-9-7-12(8-10-13)15(16(22)23)20-17(24)27-19(4,5)6/h7-10,15H,11H2,1-6H3,(H,20,24)(H,22,23). The molecule has 0 bridgehead atoms. The molecule has 27 heavy (non-hydrogen) atoms. The number of benzene rings is 1. The fourth-order valence-corrected chi connectivity index (χ4v) is 1.98. The molecule has 0 saturated heterocycles. The predicted octanol–water partition coefficient (Wildman–Crippen LogP) is 3.06. The van der Waals surface area contributed by atoms with Gasteiger partial charge >= 0.3 is 18.0 Å². The van der Waals surface area contributed by atoms with Crippen molar-refractivity contribution in [1.29, 1.82) is 0 Å². The Balaban J connectivity index is 2.72. The Bertz CT molecular complexity index is 669. The second kappa shape index (κ2) is 8.75. The Morgan fingerprint density at radius 3 is 1.93 bits per heavy atom. The molecule has 0 saturated carbocycles. The van der Waals surface area contributed by atoms with Crippen molar-refractivity contribution < 1.29 is 33.7 Å². The van der Waals surface area contributed by atoms with Crippen LogP contribution < -0.4 is 10.1 Å². The maximum atomic E-state index is 11.8. The third kappa shape index (κ3) is 8.94. The predicted molar refractivity (Wildman–Crippen MR) is 97.5 cm³/mol. The SMILES string of the molecule is CC(C)(C)OC(=O)COc1ccc(C(NC(=O)OC(C)(C)C)C(=O)O)cc1. The molecular formula is C19H27NO7. The highest BCUT2D eigenvalue weighted by atomic mass is 16.6. The summed E-state index contributed by atoms with van der Waals surface area (Å²) in [5, 5.41) is 11.7. The van der Waals surface area contributed by atoms with Crippen LogP contribution in [0.15, 0.2) is 24.3 Å². The molecule has 8 heteroatoms. The number of amides is 1. The molecule has 1 amide bonds. The number of carbonyl (C=O) groups is 3. The summed E-state index contributed by atoms with van der Waals surface area (Å²) in [4.78, 5) is 34.9. The van der Waals surface area contributed by atoms with E-state index >= 15 is 0 Å². The van der Waals surface area contributed by atoms with E-state index in [9.17, 15) is 19.5 Å². The maximum absolute atomic E-state index is 11.8. The third-order valence-corrected chi connectivity index (χ3v) is 2.90. The molecule has 1 unspecified atom stereocenters. The van der Waals surface area contributed by atoms with Crippen LogP contribution in [0.5, 0.6) is 5.75 Å². The molecule has 0 aliphatic rings. The average Bonchev–Trinajstić information content (AvgIpc) is 2.47. The molecule has 1 atom stereocenters. The number of ether oxygens (including phenoxy) is 3. The summed E-state index contributed by atoms with van der Waals surface area (Å²) in [6.07, 6.45) is -0.833. The molecule has 0 radical (unpaired) electrons. The van der Waals surface area contributed by atoms with Gasteiger partial charge in [-0.05, 0) is 59.2 Å². The number of hydrogen-bond acceptors (Lipinski definition) is 6. The molecule has 1 aromatic carbocycles. The van der Waals surface area contributed by atoms with E-state index in [1.165, 1.54) is 24.3 Å². The second-order valence-corrected chi connectivity index (χ2v) is 7.86. The van der Waals surface area contributed by atoms with Crippen molar-refractivity contribution in [3.8, 4) is 5.75 Å². The zero-order valence-corrected chi connectivity index (χ0v) is 16.5. The van der Waals surface area contributed by atoms with E-state index in [1.54, 1.807) is 41.5 Å². The quantitative estimate of drug-likeness (QED) is 0.729. The van der Waals surface area contributed by atoms with Gasteiger partial charge in [-0.25, -0.2) is 14.4 Å². The van der Waals surface area contributed by atoms with Gasteiger partial charge in [0.2, 0.25) is 0 Å². The van der Waals surface area contributed by atoms with Crippen LogP contribution in [-0.4, -0.2) is 40.9 Å². The van der Waals surface area contributed by atoms with Gasteiger partial charge in [0.25, 0.3) is 0 Å². The van der Waals surface area contributed by atoms with Gasteiger partial charge in [0.05, 0.1) is 0 Å². The van der Waals surface area contributed by atoms with Crippen molar-refractivity contribution in [3.05, 3.63) is 29.8 Å². The van der Waals surface area contributed by atoms with Gasteiger partial charge in [-0.3, -0.25) is 0 Å². The Morgan fingerprint density at radius 1 is 0.963 bits per heavy atom. The van der Waals surface area contributed by atoms with E-state index < -0.39 is 35.3 Å². The summed E-state index contributed by atoms with van der Waals surface area (Å²) in [5.41, 5.74) is -1.02.